The Kier molecular flexibility index (Phi) is 8.00. The van der Waals surface area contributed by atoms with E-state index in [-0.39, 0.29) is 28.8 Å². The first kappa shape index (κ1) is 26.4. The molecular formula is C26H30F3NO5. The van der Waals surface area contributed by atoms with Crippen molar-refractivity contribution in [2.75, 3.05) is 20.2 Å². The molecule has 2 aromatic carbocycles. The van der Waals surface area contributed by atoms with Crippen molar-refractivity contribution in [2.45, 2.75) is 40.4 Å². The van der Waals surface area contributed by atoms with Gasteiger partial charge in [-0.05, 0) is 30.3 Å². The number of benzene rings is 2. The lowest BCUT2D eigenvalue weighted by atomic mass is 10.1. The van der Waals surface area contributed by atoms with Crippen LogP contribution < -0.4 is 24.9 Å². The molecule has 3 rings (SSSR count). The van der Waals surface area contributed by atoms with E-state index in [9.17, 15) is 23.1 Å². The molecule has 0 aliphatic carbocycles. The molecule has 0 unspecified atom stereocenters. The smallest absolute Gasteiger partial charge is 0.453 e. The molecular weight excluding hydrogens is 463 g/mol. The second kappa shape index (κ2) is 10.6. The number of halogens is 3. The van der Waals surface area contributed by atoms with Gasteiger partial charge in [0.15, 0.2) is 0 Å². The van der Waals surface area contributed by atoms with Crippen LogP contribution in [0.1, 0.15) is 39.0 Å². The number of quaternary nitrogens is 1. The second-order valence-corrected chi connectivity index (χ2v) is 9.41. The summed E-state index contributed by atoms with van der Waals surface area (Å²) in [5.74, 6) is -1.94. The van der Waals surface area contributed by atoms with Gasteiger partial charge in [-0.3, -0.25) is 4.79 Å². The molecule has 0 aliphatic rings. The first-order valence-corrected chi connectivity index (χ1v) is 11.4. The number of alkyl halides is 3. The van der Waals surface area contributed by atoms with Gasteiger partial charge in [0.2, 0.25) is 11.2 Å². The normalized spacial score (nSPS) is 12.2. The van der Waals surface area contributed by atoms with Crippen LogP contribution in [0.2, 0.25) is 0 Å². The molecule has 3 aromatic rings. The van der Waals surface area contributed by atoms with Crippen LogP contribution in [0.15, 0.2) is 45.6 Å². The highest BCUT2D eigenvalue weighted by Crippen LogP contribution is 2.39. The van der Waals surface area contributed by atoms with Crippen molar-refractivity contribution in [3.8, 4) is 23.0 Å². The molecule has 0 saturated heterocycles. The van der Waals surface area contributed by atoms with Crippen LogP contribution in [0, 0.1) is 11.8 Å². The molecule has 0 amide bonds. The van der Waals surface area contributed by atoms with Crippen LogP contribution in [0.25, 0.3) is 11.0 Å². The summed E-state index contributed by atoms with van der Waals surface area (Å²) in [6, 6.07) is 8.14. The highest BCUT2D eigenvalue weighted by Gasteiger charge is 2.41. The lowest BCUT2D eigenvalue weighted by Crippen LogP contribution is -3.11. The van der Waals surface area contributed by atoms with E-state index in [1.807, 2.05) is 27.7 Å². The van der Waals surface area contributed by atoms with E-state index in [0.717, 1.165) is 4.90 Å². The molecule has 9 heteroatoms. The SMILES string of the molecule is COc1ccc(Oc2c(C(F)(F)F)oc3c(C[NH+](CC(C)C)CC(C)C)c([O-])ccc3c2=O)cc1. The van der Waals surface area contributed by atoms with E-state index in [1.165, 1.54) is 43.5 Å². The Morgan fingerprint density at radius 3 is 2.06 bits per heavy atom. The molecule has 0 spiro atoms. The number of methoxy groups -OCH3 is 1. The summed E-state index contributed by atoms with van der Waals surface area (Å²) in [4.78, 5) is 14.2. The maximum atomic E-state index is 14.0. The molecule has 1 N–H and O–H groups in total. The number of ether oxygens (including phenoxy) is 2. The van der Waals surface area contributed by atoms with E-state index >= 15 is 0 Å². The van der Waals surface area contributed by atoms with Crippen molar-refractivity contribution < 1.29 is 37.1 Å². The van der Waals surface area contributed by atoms with Gasteiger partial charge in [-0.2, -0.15) is 13.2 Å². The third kappa shape index (κ3) is 6.28. The van der Waals surface area contributed by atoms with E-state index in [1.54, 1.807) is 0 Å². The van der Waals surface area contributed by atoms with Crippen molar-refractivity contribution in [3.05, 3.63) is 57.9 Å². The Hall–Kier alpha value is -3.20. The molecule has 190 valence electrons. The van der Waals surface area contributed by atoms with Crippen molar-refractivity contribution in [2.24, 2.45) is 11.8 Å². The van der Waals surface area contributed by atoms with Gasteiger partial charge >= 0.3 is 6.18 Å². The fraction of sp³-hybridized carbons (Fsp3) is 0.423. The van der Waals surface area contributed by atoms with Crippen LogP contribution >= 0.6 is 0 Å². The zero-order chi connectivity index (χ0) is 25.9. The van der Waals surface area contributed by atoms with Gasteiger partial charge in [-0.15, -0.1) is 0 Å². The molecule has 35 heavy (non-hydrogen) atoms. The molecule has 0 aliphatic heterocycles. The van der Waals surface area contributed by atoms with Gasteiger partial charge < -0.3 is 23.9 Å². The highest BCUT2D eigenvalue weighted by molar-refractivity contribution is 5.83. The number of nitrogens with one attached hydrogen (secondary N) is 1. The maximum absolute atomic E-state index is 14.0. The monoisotopic (exact) mass is 493 g/mol. The Balaban J connectivity index is 2.17. The zero-order valence-corrected chi connectivity index (χ0v) is 20.4. The maximum Gasteiger partial charge on any atom is 0.453 e. The van der Waals surface area contributed by atoms with Crippen molar-refractivity contribution >= 4 is 11.0 Å². The average Bonchev–Trinajstić information content (AvgIpc) is 2.76. The fourth-order valence-electron chi connectivity index (χ4n) is 4.12. The lowest BCUT2D eigenvalue weighted by molar-refractivity contribution is -0.919. The van der Waals surface area contributed by atoms with Crippen molar-refractivity contribution in [3.63, 3.8) is 0 Å². The molecule has 0 atom stereocenters. The summed E-state index contributed by atoms with van der Waals surface area (Å²) < 4.78 is 57.7. The molecule has 0 fully saturated rings. The topological polar surface area (TPSA) is 76.2 Å². The Bertz CT molecular complexity index is 1210. The van der Waals surface area contributed by atoms with Crippen molar-refractivity contribution in [1.82, 2.24) is 0 Å². The first-order valence-electron chi connectivity index (χ1n) is 11.4. The van der Waals surface area contributed by atoms with E-state index in [0.29, 0.717) is 30.7 Å². The fourth-order valence-corrected chi connectivity index (χ4v) is 4.12. The lowest BCUT2D eigenvalue weighted by Gasteiger charge is -2.26. The van der Waals surface area contributed by atoms with E-state index < -0.39 is 28.9 Å². The molecule has 0 radical (unpaired) electrons. The Morgan fingerprint density at radius 1 is 0.971 bits per heavy atom. The van der Waals surface area contributed by atoms with Gasteiger partial charge in [-0.1, -0.05) is 39.5 Å². The standard InChI is InChI=1S/C26H30F3NO5/c1-15(2)12-30(13-16(3)4)14-20-21(31)11-10-19-22(32)24(25(26(27,28)29)35-23(19)20)34-18-8-6-17(33-5)7-9-18/h6-11,15-16,31H,12-14H2,1-5H3. The number of hydrogen-bond acceptors (Lipinski definition) is 5. The summed E-state index contributed by atoms with van der Waals surface area (Å²) in [7, 11) is 1.45. The van der Waals surface area contributed by atoms with Crippen LogP contribution in [0.4, 0.5) is 13.2 Å². The summed E-state index contributed by atoms with van der Waals surface area (Å²) in [6.45, 7) is 9.70. The molecule has 0 saturated carbocycles. The summed E-state index contributed by atoms with van der Waals surface area (Å²) in [5.41, 5.74) is -1.29. The van der Waals surface area contributed by atoms with Gasteiger partial charge in [0.1, 0.15) is 23.6 Å². The molecule has 6 nitrogen and oxygen atoms in total. The van der Waals surface area contributed by atoms with Crippen LogP contribution in [0.5, 0.6) is 23.0 Å². The van der Waals surface area contributed by atoms with E-state index in [4.69, 9.17) is 13.9 Å². The minimum absolute atomic E-state index is 0.00750. The van der Waals surface area contributed by atoms with Crippen LogP contribution in [0.3, 0.4) is 0 Å². The van der Waals surface area contributed by atoms with Gasteiger partial charge in [0, 0.05) is 17.4 Å². The average molecular weight is 494 g/mol. The highest BCUT2D eigenvalue weighted by atomic mass is 19.4. The summed E-state index contributed by atoms with van der Waals surface area (Å²) in [6.07, 6.45) is -5.02. The molecule has 1 aromatic heterocycles. The third-order valence-corrected chi connectivity index (χ3v) is 5.44. The zero-order valence-electron chi connectivity index (χ0n) is 20.4. The number of hydrogen-bond donors (Lipinski definition) is 1. The predicted octanol–water partition coefficient (Wildman–Crippen LogP) is 4.38. The quantitative estimate of drug-likeness (QED) is 0.479. The van der Waals surface area contributed by atoms with Gasteiger partial charge in [-0.25, -0.2) is 0 Å². The summed E-state index contributed by atoms with van der Waals surface area (Å²) in [5, 5.41) is 12.6. The minimum atomic E-state index is -5.02. The Labute approximate surface area is 201 Å². The Morgan fingerprint density at radius 2 is 1.54 bits per heavy atom. The second-order valence-electron chi connectivity index (χ2n) is 9.41. The predicted molar refractivity (Wildman–Crippen MR) is 124 cm³/mol. The van der Waals surface area contributed by atoms with Crippen LogP contribution in [-0.4, -0.2) is 20.2 Å². The third-order valence-electron chi connectivity index (χ3n) is 5.44. The number of fused-ring (bicyclic) bond motifs is 1. The largest absolute Gasteiger partial charge is 0.872 e. The van der Waals surface area contributed by atoms with Crippen LogP contribution in [-0.2, 0) is 12.7 Å². The first-order chi connectivity index (χ1) is 16.4. The number of rotatable bonds is 9. The van der Waals surface area contributed by atoms with E-state index in [2.05, 4.69) is 0 Å². The molecule has 1 heterocycles. The van der Waals surface area contributed by atoms with Crippen molar-refractivity contribution in [1.29, 1.82) is 0 Å². The summed E-state index contributed by atoms with van der Waals surface area (Å²) >= 11 is 0. The minimum Gasteiger partial charge on any atom is -0.872 e. The van der Waals surface area contributed by atoms with Gasteiger partial charge in [0.25, 0.3) is 5.76 Å². The molecule has 0 bridgehead atoms. The van der Waals surface area contributed by atoms with Gasteiger partial charge in [0.05, 0.1) is 25.6 Å².